The minimum Gasteiger partial charge on any atom is -0.387 e. The number of hydrogen-bond acceptors (Lipinski definition) is 3. The van der Waals surface area contributed by atoms with Crippen LogP contribution in [-0.2, 0) is 4.74 Å². The van der Waals surface area contributed by atoms with E-state index in [2.05, 4.69) is 12.2 Å². The van der Waals surface area contributed by atoms with Gasteiger partial charge in [-0.05, 0) is 32.2 Å². The van der Waals surface area contributed by atoms with Crippen LogP contribution in [0, 0.1) is 0 Å². The van der Waals surface area contributed by atoms with Crippen LogP contribution in [0.25, 0.3) is 0 Å². The van der Waals surface area contributed by atoms with Crippen molar-refractivity contribution >= 4 is 0 Å². The Morgan fingerprint density at radius 2 is 2.08 bits per heavy atom. The van der Waals surface area contributed by atoms with E-state index in [1.165, 1.54) is 0 Å². The van der Waals surface area contributed by atoms with Gasteiger partial charge in [-0.3, -0.25) is 0 Å². The highest BCUT2D eigenvalue weighted by atomic mass is 16.5. The van der Waals surface area contributed by atoms with Crippen LogP contribution < -0.4 is 5.32 Å². The summed E-state index contributed by atoms with van der Waals surface area (Å²) in [5.74, 6) is 0. The van der Waals surface area contributed by atoms with Crippen LogP contribution >= 0.6 is 0 Å². The van der Waals surface area contributed by atoms with Crippen molar-refractivity contribution in [3.63, 3.8) is 0 Å². The summed E-state index contributed by atoms with van der Waals surface area (Å²) in [7, 11) is 1.65. The van der Waals surface area contributed by atoms with Crippen LogP contribution in [-0.4, -0.2) is 37.0 Å². The maximum atomic E-state index is 10.0. The van der Waals surface area contributed by atoms with Gasteiger partial charge in [0.2, 0.25) is 0 Å². The largest absolute Gasteiger partial charge is 0.387 e. The second kappa shape index (κ2) is 4.94. The molecule has 78 valence electrons. The average Bonchev–Trinajstić information content (AvgIpc) is 2.10. The number of aliphatic hydroxyl groups is 1. The lowest BCUT2D eigenvalue weighted by molar-refractivity contribution is -0.0602. The van der Waals surface area contributed by atoms with E-state index in [1.807, 2.05) is 0 Å². The van der Waals surface area contributed by atoms with Crippen LogP contribution in [0.3, 0.4) is 0 Å². The third-order valence-electron chi connectivity index (χ3n) is 2.82. The SMILES string of the molecule is CCNC1CCC(O)(COC)CC1. The fourth-order valence-corrected chi connectivity index (χ4v) is 2.06. The Kier molecular flexibility index (Phi) is 4.16. The molecule has 1 aliphatic carbocycles. The quantitative estimate of drug-likeness (QED) is 0.687. The fraction of sp³-hybridized carbons (Fsp3) is 1.00. The number of ether oxygens (including phenoxy) is 1. The topological polar surface area (TPSA) is 41.5 Å². The Hall–Kier alpha value is -0.120. The van der Waals surface area contributed by atoms with Crippen LogP contribution in [0.2, 0.25) is 0 Å². The maximum Gasteiger partial charge on any atom is 0.0881 e. The first-order chi connectivity index (χ1) is 6.20. The van der Waals surface area contributed by atoms with Crippen LogP contribution in [0.4, 0.5) is 0 Å². The number of rotatable bonds is 4. The molecular weight excluding hydrogens is 166 g/mol. The molecule has 3 heteroatoms. The Balaban J connectivity index is 2.28. The van der Waals surface area contributed by atoms with Crippen LogP contribution in [0.15, 0.2) is 0 Å². The zero-order chi connectivity index (χ0) is 9.73. The molecule has 0 aliphatic heterocycles. The van der Waals surface area contributed by atoms with Crippen molar-refractivity contribution in [2.45, 2.75) is 44.2 Å². The van der Waals surface area contributed by atoms with Crippen molar-refractivity contribution in [3.8, 4) is 0 Å². The second-order valence-corrected chi connectivity index (χ2v) is 3.99. The first-order valence-corrected chi connectivity index (χ1v) is 5.15. The Bertz CT molecular complexity index is 142. The predicted molar refractivity (Wildman–Crippen MR) is 52.8 cm³/mol. The number of methoxy groups -OCH3 is 1. The van der Waals surface area contributed by atoms with E-state index in [-0.39, 0.29) is 0 Å². The summed E-state index contributed by atoms with van der Waals surface area (Å²) in [6.07, 6.45) is 3.85. The standard InChI is InChI=1S/C10H21NO2/c1-3-11-9-4-6-10(12,7-5-9)8-13-2/h9,11-12H,3-8H2,1-2H3. The van der Waals surface area contributed by atoms with E-state index in [0.717, 1.165) is 32.2 Å². The van der Waals surface area contributed by atoms with E-state index in [0.29, 0.717) is 12.6 Å². The second-order valence-electron chi connectivity index (χ2n) is 3.99. The third kappa shape index (κ3) is 3.25. The van der Waals surface area contributed by atoms with Gasteiger partial charge >= 0.3 is 0 Å². The smallest absolute Gasteiger partial charge is 0.0881 e. The maximum absolute atomic E-state index is 10.0. The van der Waals surface area contributed by atoms with Gasteiger partial charge in [0.15, 0.2) is 0 Å². The summed E-state index contributed by atoms with van der Waals surface area (Å²) in [6.45, 7) is 3.62. The molecule has 0 bridgehead atoms. The molecule has 0 atom stereocenters. The summed E-state index contributed by atoms with van der Waals surface area (Å²) in [4.78, 5) is 0. The van der Waals surface area contributed by atoms with Gasteiger partial charge in [-0.15, -0.1) is 0 Å². The summed E-state index contributed by atoms with van der Waals surface area (Å²) in [5, 5.41) is 13.4. The molecule has 0 aromatic heterocycles. The zero-order valence-electron chi connectivity index (χ0n) is 8.68. The van der Waals surface area contributed by atoms with Crippen molar-refractivity contribution < 1.29 is 9.84 Å². The van der Waals surface area contributed by atoms with Crippen molar-refractivity contribution in [1.82, 2.24) is 5.32 Å². The lowest BCUT2D eigenvalue weighted by Gasteiger charge is -2.35. The van der Waals surface area contributed by atoms with Gasteiger partial charge in [0, 0.05) is 13.2 Å². The predicted octanol–water partition coefficient (Wildman–Crippen LogP) is 0.916. The molecule has 3 nitrogen and oxygen atoms in total. The van der Waals surface area contributed by atoms with Crippen molar-refractivity contribution in [3.05, 3.63) is 0 Å². The molecular formula is C10H21NO2. The minimum absolute atomic E-state index is 0.478. The van der Waals surface area contributed by atoms with E-state index >= 15 is 0 Å². The highest BCUT2D eigenvalue weighted by molar-refractivity contribution is 4.87. The van der Waals surface area contributed by atoms with E-state index in [9.17, 15) is 5.11 Å². The van der Waals surface area contributed by atoms with Gasteiger partial charge in [0.25, 0.3) is 0 Å². The molecule has 0 spiro atoms. The lowest BCUT2D eigenvalue weighted by Crippen LogP contribution is -2.43. The third-order valence-corrected chi connectivity index (χ3v) is 2.82. The lowest BCUT2D eigenvalue weighted by atomic mass is 9.83. The van der Waals surface area contributed by atoms with Gasteiger partial charge in [0.1, 0.15) is 0 Å². The highest BCUT2D eigenvalue weighted by Crippen LogP contribution is 2.28. The molecule has 1 aliphatic rings. The number of nitrogens with one attached hydrogen (secondary N) is 1. The van der Waals surface area contributed by atoms with Gasteiger partial charge in [0.05, 0.1) is 12.2 Å². The average molecular weight is 187 g/mol. The molecule has 0 aromatic carbocycles. The van der Waals surface area contributed by atoms with Crippen molar-refractivity contribution in [2.75, 3.05) is 20.3 Å². The van der Waals surface area contributed by atoms with Crippen molar-refractivity contribution in [1.29, 1.82) is 0 Å². The molecule has 0 amide bonds. The summed E-state index contributed by atoms with van der Waals surface area (Å²) >= 11 is 0. The summed E-state index contributed by atoms with van der Waals surface area (Å²) in [6, 6.07) is 0.599. The fourth-order valence-electron chi connectivity index (χ4n) is 2.06. The Morgan fingerprint density at radius 3 is 2.54 bits per heavy atom. The molecule has 0 saturated heterocycles. The normalized spacial score (nSPS) is 34.8. The highest BCUT2D eigenvalue weighted by Gasteiger charge is 2.32. The Labute approximate surface area is 80.5 Å². The van der Waals surface area contributed by atoms with Crippen molar-refractivity contribution in [2.24, 2.45) is 0 Å². The van der Waals surface area contributed by atoms with Gasteiger partial charge in [-0.25, -0.2) is 0 Å². The molecule has 1 fully saturated rings. The molecule has 1 rings (SSSR count). The molecule has 0 unspecified atom stereocenters. The molecule has 2 N–H and O–H groups in total. The molecule has 0 heterocycles. The minimum atomic E-state index is -0.555. The summed E-state index contributed by atoms with van der Waals surface area (Å²) in [5.41, 5.74) is -0.555. The van der Waals surface area contributed by atoms with E-state index < -0.39 is 5.60 Å². The zero-order valence-corrected chi connectivity index (χ0v) is 8.68. The first-order valence-electron chi connectivity index (χ1n) is 5.15. The Morgan fingerprint density at radius 1 is 1.46 bits per heavy atom. The first kappa shape index (κ1) is 11.0. The van der Waals surface area contributed by atoms with E-state index in [1.54, 1.807) is 7.11 Å². The number of hydrogen-bond donors (Lipinski definition) is 2. The van der Waals surface area contributed by atoms with Crippen LogP contribution in [0.5, 0.6) is 0 Å². The molecule has 13 heavy (non-hydrogen) atoms. The summed E-state index contributed by atoms with van der Waals surface area (Å²) < 4.78 is 5.01. The molecule has 1 saturated carbocycles. The molecule has 0 aromatic rings. The monoisotopic (exact) mass is 187 g/mol. The van der Waals surface area contributed by atoms with Gasteiger partial charge < -0.3 is 15.2 Å². The van der Waals surface area contributed by atoms with Crippen LogP contribution in [0.1, 0.15) is 32.6 Å². The molecule has 0 radical (unpaired) electrons. The van der Waals surface area contributed by atoms with Gasteiger partial charge in [-0.2, -0.15) is 0 Å². The van der Waals surface area contributed by atoms with E-state index in [4.69, 9.17) is 4.74 Å². The van der Waals surface area contributed by atoms with Gasteiger partial charge in [-0.1, -0.05) is 6.92 Å².